The van der Waals surface area contributed by atoms with Gasteiger partial charge in [0.25, 0.3) is 0 Å². The molecule has 1 aromatic rings. The molecule has 0 aromatic heterocycles. The highest BCUT2D eigenvalue weighted by Crippen LogP contribution is 2.34. The fraction of sp³-hybridized carbons (Fsp3) is 0.625. The van der Waals surface area contributed by atoms with Crippen LogP contribution in [0, 0.1) is 0 Å². The van der Waals surface area contributed by atoms with Crippen molar-refractivity contribution in [2.24, 2.45) is 0 Å². The fourth-order valence-corrected chi connectivity index (χ4v) is 2.60. The summed E-state index contributed by atoms with van der Waals surface area (Å²) in [6.45, 7) is 3.73. The van der Waals surface area contributed by atoms with E-state index in [1.165, 1.54) is 0 Å². The number of ether oxygens (including phenoxy) is 2. The van der Waals surface area contributed by atoms with Crippen molar-refractivity contribution in [2.75, 3.05) is 19.8 Å². The predicted octanol–water partition coefficient (Wildman–Crippen LogP) is 2.79. The first-order chi connectivity index (χ1) is 9.63. The van der Waals surface area contributed by atoms with Gasteiger partial charge in [0.05, 0.1) is 19.3 Å². The van der Waals surface area contributed by atoms with Gasteiger partial charge in [-0.1, -0.05) is 12.1 Å². The van der Waals surface area contributed by atoms with E-state index in [1.54, 1.807) is 6.92 Å². The van der Waals surface area contributed by atoms with Gasteiger partial charge in [0, 0.05) is 19.0 Å². The summed E-state index contributed by atoms with van der Waals surface area (Å²) < 4.78 is 26.1. The van der Waals surface area contributed by atoms with Crippen molar-refractivity contribution in [2.45, 2.75) is 44.0 Å². The van der Waals surface area contributed by atoms with Gasteiger partial charge in [0.15, 0.2) is 0 Å². The first-order valence-corrected chi connectivity index (χ1v) is 7.41. The van der Waals surface area contributed by atoms with Crippen LogP contribution < -0.4 is 10.1 Å². The van der Waals surface area contributed by atoms with Crippen molar-refractivity contribution < 1.29 is 13.9 Å². The van der Waals surface area contributed by atoms with Crippen LogP contribution in [0.15, 0.2) is 24.3 Å². The molecule has 1 saturated heterocycles. The van der Waals surface area contributed by atoms with E-state index in [0.29, 0.717) is 31.3 Å². The Bertz CT molecular complexity index is 454. The van der Waals surface area contributed by atoms with E-state index < -0.39 is 5.67 Å². The van der Waals surface area contributed by atoms with Crippen LogP contribution in [0.25, 0.3) is 0 Å². The highest BCUT2D eigenvalue weighted by atomic mass is 19.1. The SMILES string of the molecule is CC(F)(CC1COCCN1)c1cccc(OC2CC2)c1. The van der Waals surface area contributed by atoms with E-state index in [4.69, 9.17) is 9.47 Å². The van der Waals surface area contributed by atoms with Crippen LogP contribution in [0.3, 0.4) is 0 Å². The van der Waals surface area contributed by atoms with E-state index in [-0.39, 0.29) is 6.04 Å². The van der Waals surface area contributed by atoms with Gasteiger partial charge in [-0.3, -0.25) is 0 Å². The van der Waals surface area contributed by atoms with Crippen molar-refractivity contribution in [3.63, 3.8) is 0 Å². The van der Waals surface area contributed by atoms with Gasteiger partial charge in [0.1, 0.15) is 11.4 Å². The number of rotatable bonds is 5. The zero-order chi connectivity index (χ0) is 14.0. The molecule has 1 aliphatic carbocycles. The Balaban J connectivity index is 1.68. The minimum absolute atomic E-state index is 0.0757. The zero-order valence-electron chi connectivity index (χ0n) is 11.9. The van der Waals surface area contributed by atoms with Gasteiger partial charge in [-0.2, -0.15) is 0 Å². The number of halogens is 1. The third kappa shape index (κ3) is 3.49. The lowest BCUT2D eigenvalue weighted by Gasteiger charge is -2.30. The lowest BCUT2D eigenvalue weighted by Crippen LogP contribution is -2.44. The third-order valence-corrected chi connectivity index (χ3v) is 3.89. The smallest absolute Gasteiger partial charge is 0.134 e. The summed E-state index contributed by atoms with van der Waals surface area (Å²) in [6, 6.07) is 7.52. The Morgan fingerprint density at radius 1 is 1.45 bits per heavy atom. The summed E-state index contributed by atoms with van der Waals surface area (Å²) >= 11 is 0. The molecule has 1 aromatic carbocycles. The molecule has 2 fully saturated rings. The molecule has 110 valence electrons. The molecule has 0 bridgehead atoms. The first kappa shape index (κ1) is 13.8. The molecule has 0 radical (unpaired) electrons. The number of morpholine rings is 1. The van der Waals surface area contributed by atoms with E-state index in [1.807, 2.05) is 24.3 Å². The Morgan fingerprint density at radius 3 is 3.00 bits per heavy atom. The molecule has 1 saturated carbocycles. The molecular weight excluding hydrogens is 257 g/mol. The van der Waals surface area contributed by atoms with E-state index in [2.05, 4.69) is 5.32 Å². The van der Waals surface area contributed by atoms with Crippen molar-refractivity contribution >= 4 is 0 Å². The van der Waals surface area contributed by atoms with Gasteiger partial charge >= 0.3 is 0 Å². The fourth-order valence-electron chi connectivity index (χ4n) is 2.60. The molecule has 4 heteroatoms. The number of alkyl halides is 1. The van der Waals surface area contributed by atoms with Crippen molar-refractivity contribution in [3.05, 3.63) is 29.8 Å². The standard InChI is InChI=1S/C16H22FNO2/c1-16(17,10-13-11-19-8-7-18-13)12-3-2-4-15(9-12)20-14-5-6-14/h2-4,9,13-14,18H,5-8,10-11H2,1H3. The third-order valence-electron chi connectivity index (χ3n) is 3.89. The molecule has 2 atom stereocenters. The first-order valence-electron chi connectivity index (χ1n) is 7.41. The monoisotopic (exact) mass is 279 g/mol. The number of benzene rings is 1. The van der Waals surface area contributed by atoms with E-state index in [9.17, 15) is 4.39 Å². The average molecular weight is 279 g/mol. The van der Waals surface area contributed by atoms with E-state index >= 15 is 0 Å². The Morgan fingerprint density at radius 2 is 2.30 bits per heavy atom. The molecule has 1 heterocycles. The van der Waals surface area contributed by atoms with Crippen LogP contribution in [-0.4, -0.2) is 31.9 Å². The normalized spacial score (nSPS) is 26.0. The lowest BCUT2D eigenvalue weighted by atomic mass is 9.90. The van der Waals surface area contributed by atoms with Crippen LogP contribution in [0.2, 0.25) is 0 Å². The summed E-state index contributed by atoms with van der Waals surface area (Å²) in [5.74, 6) is 0.779. The van der Waals surface area contributed by atoms with Crippen LogP contribution in [0.5, 0.6) is 5.75 Å². The second-order valence-corrected chi connectivity index (χ2v) is 5.97. The molecule has 0 amide bonds. The summed E-state index contributed by atoms with van der Waals surface area (Å²) in [6.07, 6.45) is 2.98. The summed E-state index contributed by atoms with van der Waals surface area (Å²) in [7, 11) is 0. The second kappa shape index (κ2) is 5.70. The molecule has 2 aliphatic rings. The van der Waals surface area contributed by atoms with Crippen LogP contribution in [0.4, 0.5) is 4.39 Å². The average Bonchev–Trinajstić information content (AvgIpc) is 3.24. The van der Waals surface area contributed by atoms with Crippen molar-refractivity contribution in [1.29, 1.82) is 0 Å². The number of nitrogens with one attached hydrogen (secondary N) is 1. The molecule has 3 rings (SSSR count). The lowest BCUT2D eigenvalue weighted by molar-refractivity contribution is 0.0474. The number of hydrogen-bond acceptors (Lipinski definition) is 3. The summed E-state index contributed by atoms with van der Waals surface area (Å²) in [4.78, 5) is 0. The summed E-state index contributed by atoms with van der Waals surface area (Å²) in [5.41, 5.74) is -0.690. The number of hydrogen-bond donors (Lipinski definition) is 1. The molecule has 1 N–H and O–H groups in total. The zero-order valence-corrected chi connectivity index (χ0v) is 11.9. The highest BCUT2D eigenvalue weighted by Gasteiger charge is 2.31. The topological polar surface area (TPSA) is 30.5 Å². The largest absolute Gasteiger partial charge is 0.490 e. The van der Waals surface area contributed by atoms with Crippen molar-refractivity contribution in [3.8, 4) is 5.75 Å². The molecule has 3 nitrogen and oxygen atoms in total. The minimum Gasteiger partial charge on any atom is -0.490 e. The quantitative estimate of drug-likeness (QED) is 0.899. The van der Waals surface area contributed by atoms with Gasteiger partial charge in [-0.25, -0.2) is 4.39 Å². The maximum atomic E-state index is 15.0. The highest BCUT2D eigenvalue weighted by molar-refractivity contribution is 5.32. The maximum Gasteiger partial charge on any atom is 0.134 e. The van der Waals surface area contributed by atoms with E-state index in [0.717, 1.165) is 25.1 Å². The Labute approximate surface area is 119 Å². The Kier molecular flexibility index (Phi) is 3.94. The van der Waals surface area contributed by atoms with Crippen LogP contribution in [-0.2, 0) is 10.4 Å². The molecular formula is C16H22FNO2. The van der Waals surface area contributed by atoms with Gasteiger partial charge in [-0.15, -0.1) is 0 Å². The second-order valence-electron chi connectivity index (χ2n) is 5.97. The molecule has 1 aliphatic heterocycles. The minimum atomic E-state index is -1.37. The van der Waals surface area contributed by atoms with Gasteiger partial charge in [-0.05, 0) is 37.5 Å². The Hall–Kier alpha value is -1.13. The predicted molar refractivity (Wildman–Crippen MR) is 75.8 cm³/mol. The molecule has 20 heavy (non-hydrogen) atoms. The molecule has 2 unspecified atom stereocenters. The van der Waals surface area contributed by atoms with Gasteiger partial charge in [0.2, 0.25) is 0 Å². The van der Waals surface area contributed by atoms with Gasteiger partial charge < -0.3 is 14.8 Å². The maximum absolute atomic E-state index is 15.0. The van der Waals surface area contributed by atoms with Crippen molar-refractivity contribution in [1.82, 2.24) is 5.32 Å². The van der Waals surface area contributed by atoms with Crippen LogP contribution >= 0.6 is 0 Å². The molecule has 0 spiro atoms. The summed E-state index contributed by atoms with van der Waals surface area (Å²) in [5, 5.41) is 3.31. The van der Waals surface area contributed by atoms with Crippen LogP contribution in [0.1, 0.15) is 31.7 Å².